The van der Waals surface area contributed by atoms with Gasteiger partial charge in [0.05, 0.1) is 0 Å². The normalized spacial score (nSPS) is 13.1. The van der Waals surface area contributed by atoms with Crippen molar-refractivity contribution in [2.24, 2.45) is 0 Å². The Labute approximate surface area is 319 Å². The third-order valence-electron chi connectivity index (χ3n) is 11.7. The summed E-state index contributed by atoms with van der Waals surface area (Å²) < 4.78 is 0. The van der Waals surface area contributed by atoms with Crippen molar-refractivity contribution in [2.75, 3.05) is 0 Å². The van der Waals surface area contributed by atoms with Crippen LogP contribution in [-0.2, 0) is 5.41 Å². The van der Waals surface area contributed by atoms with Crippen LogP contribution >= 0.6 is 0 Å². The lowest BCUT2D eigenvalue weighted by atomic mass is 9.82. The highest BCUT2D eigenvalue weighted by atomic mass is 15.0. The number of nitrogens with zero attached hydrogens (tertiary/aromatic N) is 3. The first-order valence-electron chi connectivity index (χ1n) is 18.9. The molecular weight excluding hydrogens is 667 g/mol. The Hall–Kier alpha value is -6.97. The van der Waals surface area contributed by atoms with Gasteiger partial charge in [0, 0.05) is 22.1 Å². The van der Waals surface area contributed by atoms with E-state index in [4.69, 9.17) is 15.0 Å². The Morgan fingerprint density at radius 3 is 1.36 bits per heavy atom. The molecule has 3 nitrogen and oxygen atoms in total. The lowest BCUT2D eigenvalue weighted by Gasteiger charge is -2.21. The molecule has 1 aliphatic rings. The van der Waals surface area contributed by atoms with Gasteiger partial charge in [-0.25, -0.2) is 15.0 Å². The molecule has 0 saturated heterocycles. The molecule has 0 radical (unpaired) electrons. The third-order valence-corrected chi connectivity index (χ3v) is 11.7. The maximum Gasteiger partial charge on any atom is 0.164 e. The molecule has 11 rings (SSSR count). The highest BCUT2D eigenvalue weighted by Crippen LogP contribution is 2.52. The van der Waals surface area contributed by atoms with Crippen LogP contribution in [0.2, 0.25) is 0 Å². The highest BCUT2D eigenvalue weighted by molar-refractivity contribution is 6.14. The monoisotopic (exact) mass is 701 g/mol. The predicted octanol–water partition coefficient (Wildman–Crippen LogP) is 13.5. The van der Waals surface area contributed by atoms with Crippen LogP contribution < -0.4 is 0 Å². The molecule has 9 aromatic carbocycles. The SMILES string of the molecule is CC1(C)c2ccccc2-c2c(-c3ccc(-c4nc(-c5cc6ccccc6c6ccccc56)nc(-c5cc6ccccc6c6ccccc56)n4)cc3)cccc21. The summed E-state index contributed by atoms with van der Waals surface area (Å²) in [5.41, 5.74) is 10.7. The van der Waals surface area contributed by atoms with Crippen LogP contribution in [0.15, 0.2) is 176 Å². The van der Waals surface area contributed by atoms with E-state index in [0.717, 1.165) is 38.2 Å². The van der Waals surface area contributed by atoms with Gasteiger partial charge in [0.15, 0.2) is 17.5 Å². The van der Waals surface area contributed by atoms with Gasteiger partial charge >= 0.3 is 0 Å². The Kier molecular flexibility index (Phi) is 6.90. The third kappa shape index (κ3) is 4.86. The minimum atomic E-state index is -0.0561. The van der Waals surface area contributed by atoms with Crippen molar-refractivity contribution in [3.05, 3.63) is 187 Å². The van der Waals surface area contributed by atoms with Crippen molar-refractivity contribution in [2.45, 2.75) is 19.3 Å². The largest absolute Gasteiger partial charge is 0.208 e. The Balaban J connectivity index is 1.13. The molecule has 0 unspecified atom stereocenters. The van der Waals surface area contributed by atoms with Gasteiger partial charge in [0.2, 0.25) is 0 Å². The minimum Gasteiger partial charge on any atom is -0.208 e. The van der Waals surface area contributed by atoms with E-state index >= 15 is 0 Å². The summed E-state index contributed by atoms with van der Waals surface area (Å²) in [7, 11) is 0. The second-order valence-corrected chi connectivity index (χ2v) is 15.2. The van der Waals surface area contributed by atoms with Gasteiger partial charge in [0.1, 0.15) is 0 Å². The van der Waals surface area contributed by atoms with Crippen LogP contribution in [0.25, 0.3) is 99.5 Å². The number of hydrogen-bond donors (Lipinski definition) is 0. The topological polar surface area (TPSA) is 38.7 Å². The van der Waals surface area contributed by atoms with Gasteiger partial charge in [-0.15, -0.1) is 0 Å². The molecule has 55 heavy (non-hydrogen) atoms. The Morgan fingerprint density at radius 1 is 0.327 bits per heavy atom. The summed E-state index contributed by atoms with van der Waals surface area (Å²) in [6, 6.07) is 63.1. The maximum absolute atomic E-state index is 5.33. The molecule has 0 saturated carbocycles. The second kappa shape index (κ2) is 12.0. The van der Waals surface area contributed by atoms with E-state index in [-0.39, 0.29) is 5.41 Å². The zero-order valence-corrected chi connectivity index (χ0v) is 30.6. The van der Waals surface area contributed by atoms with Crippen molar-refractivity contribution < 1.29 is 0 Å². The Bertz CT molecular complexity index is 3040. The van der Waals surface area contributed by atoms with Crippen LogP contribution in [0.5, 0.6) is 0 Å². The van der Waals surface area contributed by atoms with Crippen LogP contribution in [0, 0.1) is 0 Å². The lowest BCUT2D eigenvalue weighted by molar-refractivity contribution is 0.660. The summed E-state index contributed by atoms with van der Waals surface area (Å²) in [5, 5.41) is 9.32. The van der Waals surface area contributed by atoms with Gasteiger partial charge in [-0.2, -0.15) is 0 Å². The fourth-order valence-corrected chi connectivity index (χ4v) is 9.02. The van der Waals surface area contributed by atoms with Crippen molar-refractivity contribution >= 4 is 43.1 Å². The quantitative estimate of drug-likeness (QED) is 0.171. The zero-order chi connectivity index (χ0) is 36.7. The fourth-order valence-electron chi connectivity index (χ4n) is 9.02. The molecule has 258 valence electrons. The molecule has 0 atom stereocenters. The summed E-state index contributed by atoms with van der Waals surface area (Å²) in [5.74, 6) is 1.96. The molecule has 0 aliphatic heterocycles. The molecule has 0 bridgehead atoms. The second-order valence-electron chi connectivity index (χ2n) is 15.2. The van der Waals surface area contributed by atoms with E-state index in [2.05, 4.69) is 190 Å². The number of benzene rings is 9. The molecule has 1 aromatic heterocycles. The van der Waals surface area contributed by atoms with E-state index in [1.165, 1.54) is 54.9 Å². The first kappa shape index (κ1) is 31.5. The molecule has 10 aromatic rings. The molecule has 0 fully saturated rings. The van der Waals surface area contributed by atoms with Crippen LogP contribution in [0.4, 0.5) is 0 Å². The average Bonchev–Trinajstić information content (AvgIpc) is 3.49. The number of hydrogen-bond acceptors (Lipinski definition) is 3. The standard InChI is InChI=1S/C52H35N3/c1-52(2)46-24-12-11-22-43(46)48-38(23-13-25-47(48)52)32-26-28-33(29-27-32)49-53-50(44-30-34-14-3-5-16-36(34)39-18-7-9-20-41(39)44)55-51(54-49)45-31-35-15-4-6-17-37(35)40-19-8-10-21-42(40)45/h3-31H,1-2H3. The number of rotatable bonds is 4. The molecule has 0 N–H and O–H groups in total. The average molecular weight is 702 g/mol. The molecule has 1 heterocycles. The van der Waals surface area contributed by atoms with Crippen molar-refractivity contribution in [3.63, 3.8) is 0 Å². The van der Waals surface area contributed by atoms with E-state index in [9.17, 15) is 0 Å². The molecule has 1 aliphatic carbocycles. The molecule has 0 spiro atoms. The van der Waals surface area contributed by atoms with Crippen LogP contribution in [0.3, 0.4) is 0 Å². The van der Waals surface area contributed by atoms with Gasteiger partial charge < -0.3 is 0 Å². The van der Waals surface area contributed by atoms with Crippen LogP contribution in [0.1, 0.15) is 25.0 Å². The van der Waals surface area contributed by atoms with Gasteiger partial charge in [0.25, 0.3) is 0 Å². The first-order chi connectivity index (χ1) is 27.0. The first-order valence-corrected chi connectivity index (χ1v) is 18.9. The van der Waals surface area contributed by atoms with Crippen molar-refractivity contribution in [1.29, 1.82) is 0 Å². The fraction of sp³-hybridized carbons (Fsp3) is 0.0577. The maximum atomic E-state index is 5.33. The summed E-state index contributed by atoms with van der Waals surface area (Å²) in [6.07, 6.45) is 0. The van der Waals surface area contributed by atoms with Gasteiger partial charge in [-0.1, -0.05) is 178 Å². The smallest absolute Gasteiger partial charge is 0.164 e. The number of aromatic nitrogens is 3. The van der Waals surface area contributed by atoms with E-state index in [1.54, 1.807) is 0 Å². The van der Waals surface area contributed by atoms with Gasteiger partial charge in [-0.05, 0) is 88.6 Å². The summed E-state index contributed by atoms with van der Waals surface area (Å²) >= 11 is 0. The van der Waals surface area contributed by atoms with E-state index < -0.39 is 0 Å². The predicted molar refractivity (Wildman–Crippen MR) is 229 cm³/mol. The minimum absolute atomic E-state index is 0.0561. The van der Waals surface area contributed by atoms with Crippen molar-refractivity contribution in [1.82, 2.24) is 15.0 Å². The number of fused-ring (bicyclic) bond motifs is 9. The zero-order valence-electron chi connectivity index (χ0n) is 30.6. The highest BCUT2D eigenvalue weighted by Gasteiger charge is 2.36. The van der Waals surface area contributed by atoms with E-state index in [1.807, 2.05) is 0 Å². The van der Waals surface area contributed by atoms with Crippen LogP contribution in [-0.4, -0.2) is 15.0 Å². The summed E-state index contributed by atoms with van der Waals surface area (Å²) in [4.78, 5) is 15.9. The molecule has 3 heteroatoms. The Morgan fingerprint density at radius 2 is 0.764 bits per heavy atom. The summed E-state index contributed by atoms with van der Waals surface area (Å²) in [6.45, 7) is 4.66. The van der Waals surface area contributed by atoms with Crippen molar-refractivity contribution in [3.8, 4) is 56.4 Å². The van der Waals surface area contributed by atoms with E-state index in [0.29, 0.717) is 17.5 Å². The van der Waals surface area contributed by atoms with Gasteiger partial charge in [-0.3, -0.25) is 0 Å². The lowest BCUT2D eigenvalue weighted by Crippen LogP contribution is -2.14. The molecular formula is C52H35N3. The molecule has 0 amide bonds.